The molecule has 0 unspecified atom stereocenters. The first-order valence-electron chi connectivity index (χ1n) is 2.08. The fourth-order valence-corrected chi connectivity index (χ4v) is 0. The fraction of sp³-hybridized carbons (Fsp3) is 0.600. The van der Waals surface area contributed by atoms with E-state index in [1.165, 1.54) is 0 Å². The van der Waals surface area contributed by atoms with Crippen molar-refractivity contribution < 1.29 is 27.0 Å². The Morgan fingerprint density at radius 1 is 1.50 bits per heavy atom. The molecule has 0 atom stereocenters. The van der Waals surface area contributed by atoms with Crippen molar-refractivity contribution in [1.29, 1.82) is 0 Å². The minimum Gasteiger partial charge on any atom is -0.481 e. The summed E-state index contributed by atoms with van der Waals surface area (Å²) in [5.41, 5.74) is 0. The molecule has 0 heterocycles. The zero-order valence-corrected chi connectivity index (χ0v) is 6.39. The van der Waals surface area contributed by atoms with Gasteiger partial charge in [-0.1, -0.05) is 0 Å². The zero-order valence-electron chi connectivity index (χ0n) is 5.29. The second-order valence-electron chi connectivity index (χ2n) is 1.10. The minimum atomic E-state index is -0.833. The van der Waals surface area contributed by atoms with E-state index in [1.807, 2.05) is 20.3 Å². The number of carbonyl (C=O) groups is 1. The molecule has 0 aliphatic carbocycles. The number of hydrogen-bond donors (Lipinski definition) is 1. The molecule has 0 aliphatic heterocycles. The van der Waals surface area contributed by atoms with Gasteiger partial charge in [0.1, 0.15) is 0 Å². The first-order chi connectivity index (χ1) is 3.15. The molecule has 52 valence electrons. The van der Waals surface area contributed by atoms with Crippen molar-refractivity contribution in [2.75, 3.05) is 0 Å². The quantitative estimate of drug-likeness (QED) is 0.427. The molecule has 0 aliphatic rings. The van der Waals surface area contributed by atoms with E-state index >= 15 is 0 Å². The number of carboxylic acids is 1. The molecule has 0 saturated carbocycles. The summed E-state index contributed by atoms with van der Waals surface area (Å²) in [7, 11) is 0. The first kappa shape index (κ1) is 15.7. The molecule has 1 N–H and O–H groups in total. The van der Waals surface area contributed by atoms with Gasteiger partial charge in [0.15, 0.2) is 0 Å². The number of rotatable bonds is 0. The Morgan fingerprint density at radius 2 is 1.50 bits per heavy atom. The summed E-state index contributed by atoms with van der Waals surface area (Å²) in [6.07, 6.45) is 2.00. The molecule has 0 amide bonds. The molecule has 8 heavy (non-hydrogen) atoms. The summed E-state index contributed by atoms with van der Waals surface area (Å²) in [6.45, 7) is 5.08. The third-order valence-electron chi connectivity index (χ3n) is 0. The summed E-state index contributed by atoms with van der Waals surface area (Å²) in [5, 5.41) is 7.42. The molecule has 0 spiro atoms. The first-order valence-corrected chi connectivity index (χ1v) is 2.08. The van der Waals surface area contributed by atoms with Crippen LogP contribution in [-0.2, 0) is 21.9 Å². The second kappa shape index (κ2) is 15.8. The van der Waals surface area contributed by atoms with Crippen LogP contribution in [0.1, 0.15) is 20.8 Å². The van der Waals surface area contributed by atoms with E-state index in [0.717, 1.165) is 6.92 Å². The van der Waals surface area contributed by atoms with Crippen LogP contribution >= 0.6 is 0 Å². The molecule has 0 saturated heterocycles. The van der Waals surface area contributed by atoms with Crippen molar-refractivity contribution in [1.82, 2.24) is 0 Å². The Balaban J connectivity index is -0.0000000575. The second-order valence-corrected chi connectivity index (χ2v) is 1.10. The average Bonchev–Trinajstić information content (AvgIpc) is 1.33. The Kier molecular flexibility index (Phi) is 30.9. The predicted octanol–water partition coefficient (Wildman–Crippen LogP) is 1.32. The predicted molar refractivity (Wildman–Crippen MR) is 29.0 cm³/mol. The third kappa shape index (κ3) is 1350000. The van der Waals surface area contributed by atoms with Gasteiger partial charge in [-0.25, -0.2) is 0 Å². The van der Waals surface area contributed by atoms with E-state index in [4.69, 9.17) is 9.90 Å². The zero-order chi connectivity index (χ0) is 6.28. The van der Waals surface area contributed by atoms with E-state index < -0.39 is 5.97 Å². The van der Waals surface area contributed by atoms with Gasteiger partial charge < -0.3 is 11.5 Å². The van der Waals surface area contributed by atoms with Crippen LogP contribution in [0, 0.1) is 6.42 Å². The van der Waals surface area contributed by atoms with Gasteiger partial charge in [0.2, 0.25) is 0 Å². The van der Waals surface area contributed by atoms with Crippen LogP contribution in [0.2, 0.25) is 0 Å². The normalized spacial score (nSPS) is 5.38. The molecule has 0 fully saturated rings. The van der Waals surface area contributed by atoms with Gasteiger partial charge in [0.25, 0.3) is 5.97 Å². The molecule has 0 radical (unpaired) electrons. The summed E-state index contributed by atoms with van der Waals surface area (Å²) in [5.74, 6) is -0.833. The fourth-order valence-electron chi connectivity index (χ4n) is 0. The Bertz CT molecular complexity index is 41.7. The Labute approximate surface area is 60.8 Å². The monoisotopic (exact) mass is 159 g/mol. The summed E-state index contributed by atoms with van der Waals surface area (Å²) >= 11 is 0. The van der Waals surface area contributed by atoms with E-state index in [2.05, 4.69) is 0 Å². The van der Waals surface area contributed by atoms with Gasteiger partial charge in [0, 0.05) is 24.0 Å². The maximum Gasteiger partial charge on any atom is 0.300 e. The van der Waals surface area contributed by atoms with Gasteiger partial charge >= 0.3 is 0 Å². The average molecular weight is 159 g/mol. The van der Waals surface area contributed by atoms with Crippen molar-refractivity contribution >= 4 is 5.97 Å². The molecule has 0 aromatic heterocycles. The standard InChI is InChI=1S/C3H7.C2H4O2.Fe/c1-3-2;1-2(3)4;/h3H,1-2H3;1H3,(H,3,4);/q-1;;. The number of aliphatic carboxylic acids is 1. The third-order valence-corrected chi connectivity index (χ3v) is 0. The van der Waals surface area contributed by atoms with Gasteiger partial charge in [-0.05, 0) is 0 Å². The van der Waals surface area contributed by atoms with Crippen molar-refractivity contribution in [2.45, 2.75) is 20.8 Å². The molecule has 0 rings (SSSR count). The van der Waals surface area contributed by atoms with Crippen molar-refractivity contribution in [3.63, 3.8) is 0 Å². The molecular formula is C5H11FeO2-. The van der Waals surface area contributed by atoms with Gasteiger partial charge in [-0.15, -0.1) is 0 Å². The van der Waals surface area contributed by atoms with Gasteiger partial charge in [0.05, 0.1) is 0 Å². The molecular weight excluding hydrogens is 148 g/mol. The van der Waals surface area contributed by atoms with Crippen molar-refractivity contribution in [3.05, 3.63) is 6.42 Å². The summed E-state index contributed by atoms with van der Waals surface area (Å²) in [4.78, 5) is 9.00. The summed E-state index contributed by atoms with van der Waals surface area (Å²) < 4.78 is 0. The maximum atomic E-state index is 9.00. The Hall–Kier alpha value is -0.0105. The van der Waals surface area contributed by atoms with E-state index in [0.29, 0.717) is 0 Å². The minimum absolute atomic E-state index is 0. The maximum absolute atomic E-state index is 9.00. The van der Waals surface area contributed by atoms with Gasteiger partial charge in [-0.2, -0.15) is 13.8 Å². The van der Waals surface area contributed by atoms with Gasteiger partial charge in [-0.3, -0.25) is 4.79 Å². The van der Waals surface area contributed by atoms with Crippen LogP contribution in [0.25, 0.3) is 0 Å². The molecule has 0 bridgehead atoms. The van der Waals surface area contributed by atoms with E-state index in [9.17, 15) is 0 Å². The van der Waals surface area contributed by atoms with Crippen molar-refractivity contribution in [2.24, 2.45) is 0 Å². The van der Waals surface area contributed by atoms with E-state index in [1.54, 1.807) is 0 Å². The number of hydrogen-bond acceptors (Lipinski definition) is 1. The van der Waals surface area contributed by atoms with Crippen LogP contribution < -0.4 is 0 Å². The van der Waals surface area contributed by atoms with E-state index in [-0.39, 0.29) is 17.1 Å². The van der Waals surface area contributed by atoms with Crippen molar-refractivity contribution in [3.8, 4) is 0 Å². The smallest absolute Gasteiger partial charge is 0.300 e. The molecule has 2 nitrogen and oxygen atoms in total. The Morgan fingerprint density at radius 3 is 1.50 bits per heavy atom. The topological polar surface area (TPSA) is 37.3 Å². The van der Waals surface area contributed by atoms with Crippen LogP contribution in [0.3, 0.4) is 0 Å². The van der Waals surface area contributed by atoms with Crippen LogP contribution in [0.15, 0.2) is 0 Å². The molecule has 3 heteroatoms. The SMILES string of the molecule is CC(=O)O.C[CH-]C.[Fe]. The largest absolute Gasteiger partial charge is 0.481 e. The molecule has 0 aromatic carbocycles. The van der Waals surface area contributed by atoms with Crippen LogP contribution in [0.4, 0.5) is 0 Å². The van der Waals surface area contributed by atoms with Crippen LogP contribution in [-0.4, -0.2) is 11.1 Å². The summed E-state index contributed by atoms with van der Waals surface area (Å²) in [6, 6.07) is 0. The molecule has 0 aromatic rings. The number of carboxylic acid groups (broad SMARTS) is 1. The van der Waals surface area contributed by atoms with Crippen LogP contribution in [0.5, 0.6) is 0 Å².